The molecule has 1 aromatic rings. The molecule has 1 unspecified atom stereocenters. The number of nitriles is 1. The number of hydrogen-bond donors (Lipinski definition) is 0. The molecule has 4 nitrogen and oxygen atoms in total. The second kappa shape index (κ2) is 7.31. The van der Waals surface area contributed by atoms with Crippen LogP contribution in [0.3, 0.4) is 0 Å². The van der Waals surface area contributed by atoms with Crippen LogP contribution in [0.5, 0.6) is 5.75 Å². The van der Waals surface area contributed by atoms with Crippen LogP contribution in [-0.2, 0) is 4.79 Å². The largest absolute Gasteiger partial charge is 0.480 e. The standard InChI is InChI=1S/C18H24N2O2/c1-13-8-10-16(11-9-13)20(3)18(21)14(2)22-17-7-5-4-6-15(17)12-19/h4-7,13-14,16H,8-11H2,1-3H3. The van der Waals surface area contributed by atoms with Gasteiger partial charge in [0.15, 0.2) is 6.10 Å². The maximum Gasteiger partial charge on any atom is 0.263 e. The van der Waals surface area contributed by atoms with Crippen molar-refractivity contribution in [1.82, 2.24) is 4.90 Å². The van der Waals surface area contributed by atoms with Crippen LogP contribution in [0.25, 0.3) is 0 Å². The molecule has 4 heteroatoms. The molecule has 1 aliphatic rings. The fraction of sp³-hybridized carbons (Fsp3) is 0.556. The molecule has 1 atom stereocenters. The molecule has 0 spiro atoms. The summed E-state index contributed by atoms with van der Waals surface area (Å²) in [4.78, 5) is 14.4. The average Bonchev–Trinajstić information content (AvgIpc) is 2.54. The van der Waals surface area contributed by atoms with Gasteiger partial charge in [0.25, 0.3) is 5.91 Å². The topological polar surface area (TPSA) is 53.3 Å². The monoisotopic (exact) mass is 300 g/mol. The minimum Gasteiger partial charge on any atom is -0.480 e. The van der Waals surface area contributed by atoms with Gasteiger partial charge in [0.1, 0.15) is 11.8 Å². The molecule has 0 bridgehead atoms. The summed E-state index contributed by atoms with van der Waals surface area (Å²) in [5.74, 6) is 1.21. The van der Waals surface area contributed by atoms with E-state index in [2.05, 4.69) is 13.0 Å². The molecule has 0 aliphatic heterocycles. The van der Waals surface area contributed by atoms with Gasteiger partial charge < -0.3 is 9.64 Å². The maximum atomic E-state index is 12.5. The Balaban J connectivity index is 1.98. The van der Waals surface area contributed by atoms with Gasteiger partial charge in [-0.2, -0.15) is 5.26 Å². The van der Waals surface area contributed by atoms with Gasteiger partial charge in [-0.05, 0) is 50.7 Å². The summed E-state index contributed by atoms with van der Waals surface area (Å²) < 4.78 is 5.72. The van der Waals surface area contributed by atoms with Gasteiger partial charge in [-0.3, -0.25) is 4.79 Å². The zero-order valence-electron chi connectivity index (χ0n) is 13.6. The zero-order chi connectivity index (χ0) is 16.1. The van der Waals surface area contributed by atoms with Crippen LogP contribution in [0.15, 0.2) is 24.3 Å². The Labute approximate surface area is 132 Å². The van der Waals surface area contributed by atoms with Crippen molar-refractivity contribution in [3.05, 3.63) is 29.8 Å². The van der Waals surface area contributed by atoms with Crippen LogP contribution in [0, 0.1) is 17.2 Å². The quantitative estimate of drug-likeness (QED) is 0.856. The number of para-hydroxylation sites is 1. The number of rotatable bonds is 4. The molecule has 0 N–H and O–H groups in total. The fourth-order valence-corrected chi connectivity index (χ4v) is 3.00. The first-order valence-electron chi connectivity index (χ1n) is 7.95. The summed E-state index contributed by atoms with van der Waals surface area (Å²) in [6.45, 7) is 4.01. The Morgan fingerprint density at radius 1 is 1.32 bits per heavy atom. The minimum absolute atomic E-state index is 0.0210. The molecular weight excluding hydrogens is 276 g/mol. The lowest BCUT2D eigenvalue weighted by atomic mass is 9.86. The molecule has 2 rings (SSSR count). The van der Waals surface area contributed by atoms with Gasteiger partial charge in [0, 0.05) is 13.1 Å². The highest BCUT2D eigenvalue weighted by Gasteiger charge is 2.28. The van der Waals surface area contributed by atoms with E-state index in [0.717, 1.165) is 18.8 Å². The molecule has 0 radical (unpaired) electrons. The third kappa shape index (κ3) is 3.79. The van der Waals surface area contributed by atoms with E-state index in [-0.39, 0.29) is 5.91 Å². The highest BCUT2D eigenvalue weighted by Crippen LogP contribution is 2.27. The summed E-state index contributed by atoms with van der Waals surface area (Å²) in [6, 6.07) is 9.40. The van der Waals surface area contributed by atoms with E-state index >= 15 is 0 Å². The van der Waals surface area contributed by atoms with E-state index in [0.29, 0.717) is 17.4 Å². The SMILES string of the molecule is CC1CCC(N(C)C(=O)C(C)Oc2ccccc2C#N)CC1. The van der Waals surface area contributed by atoms with Gasteiger partial charge in [-0.15, -0.1) is 0 Å². The summed E-state index contributed by atoms with van der Waals surface area (Å²) >= 11 is 0. The van der Waals surface area contributed by atoms with Gasteiger partial charge in [0.2, 0.25) is 0 Å². The van der Waals surface area contributed by atoms with Crippen LogP contribution in [0.2, 0.25) is 0 Å². The number of benzene rings is 1. The van der Waals surface area contributed by atoms with E-state index in [9.17, 15) is 4.79 Å². The molecule has 0 saturated heterocycles. The lowest BCUT2D eigenvalue weighted by molar-refractivity contribution is -0.139. The first kappa shape index (κ1) is 16.4. The van der Waals surface area contributed by atoms with E-state index in [4.69, 9.17) is 10.00 Å². The normalized spacial score (nSPS) is 22.5. The third-order valence-corrected chi connectivity index (χ3v) is 4.54. The van der Waals surface area contributed by atoms with E-state index in [1.165, 1.54) is 12.8 Å². The second-order valence-corrected chi connectivity index (χ2v) is 6.23. The lowest BCUT2D eigenvalue weighted by Gasteiger charge is -2.34. The van der Waals surface area contributed by atoms with Crippen molar-refractivity contribution in [3.63, 3.8) is 0 Å². The molecule has 1 saturated carbocycles. The van der Waals surface area contributed by atoms with Crippen molar-refractivity contribution in [2.24, 2.45) is 5.92 Å². The summed E-state index contributed by atoms with van der Waals surface area (Å²) in [5.41, 5.74) is 0.455. The van der Waals surface area contributed by atoms with Crippen molar-refractivity contribution in [3.8, 4) is 11.8 Å². The van der Waals surface area contributed by atoms with Crippen molar-refractivity contribution < 1.29 is 9.53 Å². The molecule has 1 fully saturated rings. The predicted octanol–water partition coefficient (Wildman–Crippen LogP) is 3.36. The summed E-state index contributed by atoms with van der Waals surface area (Å²) in [6.07, 6.45) is 3.89. The minimum atomic E-state index is -0.584. The average molecular weight is 300 g/mol. The van der Waals surface area contributed by atoms with Gasteiger partial charge in [-0.25, -0.2) is 0 Å². The number of nitrogens with zero attached hydrogens (tertiary/aromatic N) is 2. The third-order valence-electron chi connectivity index (χ3n) is 4.54. The van der Waals surface area contributed by atoms with Crippen molar-refractivity contribution in [2.45, 2.75) is 51.7 Å². The Kier molecular flexibility index (Phi) is 5.43. The number of amides is 1. The molecule has 1 aliphatic carbocycles. The van der Waals surface area contributed by atoms with Gasteiger partial charge in [0.05, 0.1) is 5.56 Å². The Morgan fingerprint density at radius 2 is 1.95 bits per heavy atom. The fourth-order valence-electron chi connectivity index (χ4n) is 3.00. The number of likely N-dealkylation sites (N-methyl/N-ethyl adjacent to an activating group) is 1. The van der Waals surface area contributed by atoms with Gasteiger partial charge >= 0.3 is 0 Å². The zero-order valence-corrected chi connectivity index (χ0v) is 13.6. The lowest BCUT2D eigenvalue weighted by Crippen LogP contribution is -2.45. The molecular formula is C18H24N2O2. The maximum absolute atomic E-state index is 12.5. The number of carbonyl (C=O) groups is 1. The molecule has 0 heterocycles. The van der Waals surface area contributed by atoms with E-state index < -0.39 is 6.10 Å². The van der Waals surface area contributed by atoms with E-state index in [1.807, 2.05) is 11.9 Å². The van der Waals surface area contributed by atoms with Crippen molar-refractivity contribution in [1.29, 1.82) is 5.26 Å². The van der Waals surface area contributed by atoms with Gasteiger partial charge in [-0.1, -0.05) is 19.1 Å². The number of ether oxygens (including phenoxy) is 1. The van der Waals surface area contributed by atoms with Crippen LogP contribution in [0.1, 0.15) is 45.1 Å². The van der Waals surface area contributed by atoms with Crippen LogP contribution in [0.4, 0.5) is 0 Å². The smallest absolute Gasteiger partial charge is 0.263 e. The van der Waals surface area contributed by atoms with Crippen LogP contribution >= 0.6 is 0 Å². The number of hydrogen-bond acceptors (Lipinski definition) is 3. The molecule has 1 amide bonds. The Hall–Kier alpha value is -2.02. The van der Waals surface area contributed by atoms with Crippen molar-refractivity contribution >= 4 is 5.91 Å². The first-order chi connectivity index (χ1) is 10.5. The Bertz CT molecular complexity index is 556. The van der Waals surface area contributed by atoms with Crippen LogP contribution in [-0.4, -0.2) is 30.0 Å². The van der Waals surface area contributed by atoms with Crippen molar-refractivity contribution in [2.75, 3.05) is 7.05 Å². The second-order valence-electron chi connectivity index (χ2n) is 6.23. The molecule has 22 heavy (non-hydrogen) atoms. The highest BCUT2D eigenvalue weighted by atomic mass is 16.5. The molecule has 1 aromatic carbocycles. The van der Waals surface area contributed by atoms with E-state index in [1.54, 1.807) is 31.2 Å². The molecule has 118 valence electrons. The summed E-state index contributed by atoms with van der Waals surface area (Å²) in [5, 5.41) is 9.08. The highest BCUT2D eigenvalue weighted by molar-refractivity contribution is 5.81. The molecule has 0 aromatic heterocycles. The first-order valence-corrected chi connectivity index (χ1v) is 7.95. The predicted molar refractivity (Wildman–Crippen MR) is 85.4 cm³/mol. The van der Waals surface area contributed by atoms with Crippen LogP contribution < -0.4 is 4.74 Å². The summed E-state index contributed by atoms with van der Waals surface area (Å²) in [7, 11) is 1.86. The Morgan fingerprint density at radius 3 is 2.59 bits per heavy atom. The number of carbonyl (C=O) groups excluding carboxylic acids is 1.